The number of hydrogen-bond donors (Lipinski definition) is 0. The first-order chi connectivity index (χ1) is 9.90. The summed E-state index contributed by atoms with van der Waals surface area (Å²) in [6.07, 6.45) is 6.97. The lowest BCUT2D eigenvalue weighted by molar-refractivity contribution is 0.0240. The summed E-state index contributed by atoms with van der Waals surface area (Å²) in [5.41, 5.74) is 0.314. The summed E-state index contributed by atoms with van der Waals surface area (Å²) in [6, 6.07) is 3.71. The second-order valence-electron chi connectivity index (χ2n) is 5.97. The van der Waals surface area contributed by atoms with Gasteiger partial charge in [-0.2, -0.15) is 0 Å². The first kappa shape index (κ1) is 15.2. The molecule has 0 N–H and O–H groups in total. The van der Waals surface area contributed by atoms with Crippen LogP contribution in [-0.4, -0.2) is 47.8 Å². The smallest absolute Gasteiger partial charge is 0.410 e. The van der Waals surface area contributed by atoms with Gasteiger partial charge >= 0.3 is 6.09 Å². The van der Waals surface area contributed by atoms with Crippen molar-refractivity contribution in [1.82, 2.24) is 9.88 Å². The van der Waals surface area contributed by atoms with E-state index in [9.17, 15) is 4.79 Å². The van der Waals surface area contributed by atoms with Crippen LogP contribution in [-0.2, 0) is 4.74 Å². The molecule has 5 heteroatoms. The molecule has 0 bridgehead atoms. The molecule has 2 heterocycles. The maximum atomic E-state index is 12.0. The summed E-state index contributed by atoms with van der Waals surface area (Å²) in [4.78, 5) is 20.2. The van der Waals surface area contributed by atoms with Gasteiger partial charge in [0.25, 0.3) is 0 Å². The Balaban J connectivity index is 1.98. The van der Waals surface area contributed by atoms with E-state index in [1.54, 1.807) is 11.1 Å². The van der Waals surface area contributed by atoms with Gasteiger partial charge in [-0.15, -0.1) is 6.42 Å². The van der Waals surface area contributed by atoms with Crippen molar-refractivity contribution >= 4 is 11.9 Å². The van der Waals surface area contributed by atoms with E-state index in [1.165, 1.54) is 0 Å². The molecule has 0 unspecified atom stereocenters. The molecule has 0 radical (unpaired) electrons. The van der Waals surface area contributed by atoms with Gasteiger partial charge in [0.2, 0.25) is 0 Å². The zero-order chi connectivity index (χ0) is 15.5. The van der Waals surface area contributed by atoms with Crippen LogP contribution >= 0.6 is 0 Å². The monoisotopic (exact) mass is 287 g/mol. The van der Waals surface area contributed by atoms with E-state index in [-0.39, 0.29) is 6.09 Å². The largest absolute Gasteiger partial charge is 0.444 e. The molecule has 1 aromatic heterocycles. The molecule has 5 nitrogen and oxygen atoms in total. The average molecular weight is 287 g/mol. The van der Waals surface area contributed by atoms with Crippen molar-refractivity contribution in [2.45, 2.75) is 26.4 Å². The molecule has 21 heavy (non-hydrogen) atoms. The molecule has 1 aromatic rings. The average Bonchev–Trinajstić information content (AvgIpc) is 2.45. The fourth-order valence-corrected chi connectivity index (χ4v) is 2.19. The van der Waals surface area contributed by atoms with Crippen LogP contribution < -0.4 is 4.90 Å². The highest BCUT2D eigenvalue weighted by Gasteiger charge is 2.26. The highest BCUT2D eigenvalue weighted by molar-refractivity contribution is 5.68. The Hall–Kier alpha value is -2.22. The van der Waals surface area contributed by atoms with Crippen molar-refractivity contribution in [2.75, 3.05) is 31.1 Å². The zero-order valence-electron chi connectivity index (χ0n) is 12.8. The number of hydrogen-bond acceptors (Lipinski definition) is 4. The molecule has 1 aliphatic rings. The van der Waals surface area contributed by atoms with Gasteiger partial charge in [-0.25, -0.2) is 9.78 Å². The van der Waals surface area contributed by atoms with Gasteiger partial charge in [-0.05, 0) is 32.9 Å². The summed E-state index contributed by atoms with van der Waals surface area (Å²) in [7, 11) is 0. The van der Waals surface area contributed by atoms with Crippen LogP contribution in [0.5, 0.6) is 0 Å². The van der Waals surface area contributed by atoms with Crippen LogP contribution in [0.1, 0.15) is 26.3 Å². The standard InChI is InChI=1S/C16H21N3O2/c1-5-13-7-6-8-17-14(13)18-9-11-19(12-10-18)15(20)21-16(2,3)4/h1,6-8H,9-12H2,2-4H3. The van der Waals surface area contributed by atoms with Gasteiger partial charge in [-0.1, -0.05) is 5.92 Å². The van der Waals surface area contributed by atoms with Crippen LogP contribution in [0.25, 0.3) is 0 Å². The molecule has 0 atom stereocenters. The van der Waals surface area contributed by atoms with Crippen LogP contribution in [0.15, 0.2) is 18.3 Å². The topological polar surface area (TPSA) is 45.7 Å². The van der Waals surface area contributed by atoms with E-state index in [0.29, 0.717) is 26.2 Å². The van der Waals surface area contributed by atoms with E-state index >= 15 is 0 Å². The molecular weight excluding hydrogens is 266 g/mol. The van der Waals surface area contributed by atoms with Crippen LogP contribution in [0, 0.1) is 12.3 Å². The van der Waals surface area contributed by atoms with Crippen molar-refractivity contribution < 1.29 is 9.53 Å². The van der Waals surface area contributed by atoms with E-state index in [2.05, 4.69) is 15.8 Å². The maximum absolute atomic E-state index is 12.0. The molecule has 2 rings (SSSR count). The highest BCUT2D eigenvalue weighted by Crippen LogP contribution is 2.19. The lowest BCUT2D eigenvalue weighted by atomic mass is 10.2. The summed E-state index contributed by atoms with van der Waals surface area (Å²) in [5.74, 6) is 3.46. The molecular formula is C16H21N3O2. The van der Waals surface area contributed by atoms with Gasteiger partial charge in [-0.3, -0.25) is 0 Å². The van der Waals surface area contributed by atoms with E-state index < -0.39 is 5.60 Å². The number of terminal acetylenes is 1. The molecule has 0 saturated carbocycles. The Morgan fingerprint density at radius 3 is 2.57 bits per heavy atom. The van der Waals surface area contributed by atoms with Gasteiger partial charge < -0.3 is 14.5 Å². The lowest BCUT2D eigenvalue weighted by Crippen LogP contribution is -2.50. The predicted molar refractivity (Wildman–Crippen MR) is 82.2 cm³/mol. The minimum Gasteiger partial charge on any atom is -0.444 e. The van der Waals surface area contributed by atoms with Crippen LogP contribution in [0.2, 0.25) is 0 Å². The Morgan fingerprint density at radius 2 is 2.00 bits per heavy atom. The summed E-state index contributed by atoms with van der Waals surface area (Å²) >= 11 is 0. The predicted octanol–water partition coefficient (Wildman–Crippen LogP) is 2.12. The number of nitrogens with zero attached hydrogens (tertiary/aromatic N) is 3. The molecule has 0 aromatic carbocycles. The molecule has 1 saturated heterocycles. The molecule has 0 spiro atoms. The fourth-order valence-electron chi connectivity index (χ4n) is 2.19. The minimum absolute atomic E-state index is 0.264. The van der Waals surface area contributed by atoms with Gasteiger partial charge in [0.15, 0.2) is 0 Å². The first-order valence-electron chi connectivity index (χ1n) is 7.05. The number of pyridine rings is 1. The second kappa shape index (κ2) is 6.04. The van der Waals surface area contributed by atoms with Crippen molar-refractivity contribution in [1.29, 1.82) is 0 Å². The number of amides is 1. The highest BCUT2D eigenvalue weighted by atomic mass is 16.6. The number of rotatable bonds is 1. The SMILES string of the molecule is C#Cc1cccnc1N1CCN(C(=O)OC(C)(C)C)CC1. The second-order valence-corrected chi connectivity index (χ2v) is 5.97. The maximum Gasteiger partial charge on any atom is 0.410 e. The third kappa shape index (κ3) is 3.88. The van der Waals surface area contributed by atoms with Crippen molar-refractivity contribution in [3.05, 3.63) is 23.9 Å². The molecule has 1 aliphatic heterocycles. The normalized spacial score (nSPS) is 15.5. The van der Waals surface area contributed by atoms with Crippen molar-refractivity contribution in [2.24, 2.45) is 0 Å². The molecule has 1 fully saturated rings. The molecule has 112 valence electrons. The van der Waals surface area contributed by atoms with Crippen molar-refractivity contribution in [3.63, 3.8) is 0 Å². The number of ether oxygens (including phenoxy) is 1. The molecule has 0 aliphatic carbocycles. The number of carbonyl (C=O) groups is 1. The van der Waals surface area contributed by atoms with Gasteiger partial charge in [0.05, 0.1) is 5.56 Å². The minimum atomic E-state index is -0.466. The summed E-state index contributed by atoms with van der Waals surface area (Å²) in [5, 5.41) is 0. The van der Waals surface area contributed by atoms with Crippen LogP contribution in [0.3, 0.4) is 0 Å². The van der Waals surface area contributed by atoms with Crippen LogP contribution in [0.4, 0.5) is 10.6 Å². The number of aromatic nitrogens is 1. The quantitative estimate of drug-likeness (QED) is 0.742. The summed E-state index contributed by atoms with van der Waals surface area (Å²) in [6.45, 7) is 8.22. The Kier molecular flexibility index (Phi) is 4.37. The Bertz CT molecular complexity index is 549. The first-order valence-corrected chi connectivity index (χ1v) is 7.05. The van der Waals surface area contributed by atoms with E-state index in [4.69, 9.17) is 11.2 Å². The number of carbonyl (C=O) groups excluding carboxylic acids is 1. The van der Waals surface area contributed by atoms with Gasteiger partial charge in [0, 0.05) is 32.4 Å². The Labute approximate surface area is 125 Å². The third-order valence-electron chi connectivity index (χ3n) is 3.17. The van der Waals surface area contributed by atoms with Crippen molar-refractivity contribution in [3.8, 4) is 12.3 Å². The van der Waals surface area contributed by atoms with Gasteiger partial charge in [0.1, 0.15) is 11.4 Å². The number of piperazine rings is 1. The van der Waals surface area contributed by atoms with E-state index in [0.717, 1.165) is 11.4 Å². The fraction of sp³-hybridized carbons (Fsp3) is 0.500. The lowest BCUT2D eigenvalue weighted by Gasteiger charge is -2.36. The Morgan fingerprint density at radius 1 is 1.33 bits per heavy atom. The zero-order valence-corrected chi connectivity index (χ0v) is 12.8. The summed E-state index contributed by atoms with van der Waals surface area (Å²) < 4.78 is 5.38. The third-order valence-corrected chi connectivity index (χ3v) is 3.17. The number of anilines is 1. The van der Waals surface area contributed by atoms with E-state index in [1.807, 2.05) is 32.9 Å². The molecule has 1 amide bonds.